The lowest BCUT2D eigenvalue weighted by molar-refractivity contribution is -0.117. The molecule has 8 heteroatoms. The lowest BCUT2D eigenvalue weighted by Crippen LogP contribution is -2.26. The zero-order chi connectivity index (χ0) is 21.7. The molecule has 0 unspecified atom stereocenters. The molecule has 6 N–H and O–H groups in total. The Labute approximate surface area is 174 Å². The number of hydrogen-bond acceptors (Lipinski definition) is 6. The van der Waals surface area contributed by atoms with E-state index in [1.54, 1.807) is 36.4 Å². The van der Waals surface area contributed by atoms with Gasteiger partial charge in [0, 0.05) is 24.0 Å². The fourth-order valence-electron chi connectivity index (χ4n) is 3.40. The highest BCUT2D eigenvalue weighted by molar-refractivity contribution is 6.32. The second kappa shape index (κ2) is 9.43. The highest BCUT2D eigenvalue weighted by Gasteiger charge is 2.34. The summed E-state index contributed by atoms with van der Waals surface area (Å²) in [5.74, 6) is -1.32. The van der Waals surface area contributed by atoms with E-state index in [1.165, 1.54) is 0 Å². The van der Waals surface area contributed by atoms with E-state index in [0.29, 0.717) is 25.9 Å². The van der Waals surface area contributed by atoms with Crippen molar-refractivity contribution in [3.05, 3.63) is 58.7 Å². The Kier molecular flexibility index (Phi) is 6.71. The van der Waals surface area contributed by atoms with Crippen molar-refractivity contribution in [3.63, 3.8) is 0 Å². The van der Waals surface area contributed by atoms with Gasteiger partial charge in [-0.05, 0) is 38.1 Å². The lowest BCUT2D eigenvalue weighted by Gasteiger charge is -2.22. The first-order chi connectivity index (χ1) is 14.5. The van der Waals surface area contributed by atoms with E-state index in [0.717, 1.165) is 0 Å². The molecular weight excluding hydrogens is 384 g/mol. The molecule has 0 spiro atoms. The molecule has 2 aromatic rings. The quantitative estimate of drug-likeness (QED) is 0.447. The summed E-state index contributed by atoms with van der Waals surface area (Å²) in [6.07, 6.45) is 1.48. The molecule has 0 radical (unpaired) electrons. The molecule has 8 nitrogen and oxygen atoms in total. The van der Waals surface area contributed by atoms with Gasteiger partial charge >= 0.3 is 0 Å². The molecule has 0 aliphatic heterocycles. The average Bonchev–Trinajstić information content (AvgIpc) is 2.74. The monoisotopic (exact) mass is 408 g/mol. The van der Waals surface area contributed by atoms with Gasteiger partial charge in [0.1, 0.15) is 0 Å². The number of carbonyl (C=O) groups is 4. The van der Waals surface area contributed by atoms with Crippen LogP contribution in [0.2, 0.25) is 0 Å². The maximum atomic E-state index is 13.2. The summed E-state index contributed by atoms with van der Waals surface area (Å²) in [5.41, 5.74) is 12.1. The van der Waals surface area contributed by atoms with E-state index < -0.39 is 0 Å². The Hall–Kier alpha value is -3.36. The maximum Gasteiger partial charge on any atom is 0.224 e. The molecule has 30 heavy (non-hydrogen) atoms. The molecule has 156 valence electrons. The van der Waals surface area contributed by atoms with Gasteiger partial charge in [0.25, 0.3) is 0 Å². The van der Waals surface area contributed by atoms with Crippen molar-refractivity contribution in [1.29, 1.82) is 0 Å². The van der Waals surface area contributed by atoms with E-state index in [-0.39, 0.29) is 69.9 Å². The molecular formula is C22H24N4O4. The van der Waals surface area contributed by atoms with E-state index in [1.807, 2.05) is 0 Å². The van der Waals surface area contributed by atoms with Crippen LogP contribution in [0.15, 0.2) is 36.4 Å². The van der Waals surface area contributed by atoms with Crippen LogP contribution in [-0.2, 0) is 9.59 Å². The standard InChI is InChI=1S/C22H24N4O4/c23-11-3-9-17(27)25-15-7-1-5-13-19(15)22(30)14-6-2-8-16(20(14)21(13)29)26-18(28)10-4-12-24/h1-2,5-8H,3-4,9-12,23-24H2,(H,25,27)(H,26,28). The number of nitrogens with two attached hydrogens (primary N) is 2. The smallest absolute Gasteiger partial charge is 0.224 e. The molecule has 2 aromatic carbocycles. The molecule has 0 heterocycles. The molecule has 0 saturated heterocycles. The minimum atomic E-state index is -0.382. The highest BCUT2D eigenvalue weighted by atomic mass is 16.2. The minimum absolute atomic E-state index is 0.155. The predicted molar refractivity (Wildman–Crippen MR) is 114 cm³/mol. The Morgan fingerprint density at radius 1 is 0.700 bits per heavy atom. The van der Waals surface area contributed by atoms with Crippen LogP contribution in [0, 0.1) is 0 Å². The van der Waals surface area contributed by atoms with Crippen molar-refractivity contribution in [2.24, 2.45) is 11.5 Å². The molecule has 0 bridgehead atoms. The van der Waals surface area contributed by atoms with Gasteiger partial charge in [0.05, 0.1) is 22.5 Å². The number of carbonyl (C=O) groups excluding carboxylic acids is 4. The van der Waals surface area contributed by atoms with E-state index in [4.69, 9.17) is 11.5 Å². The number of rotatable bonds is 8. The van der Waals surface area contributed by atoms with Crippen LogP contribution in [0.3, 0.4) is 0 Å². The normalized spacial score (nSPS) is 12.2. The summed E-state index contributed by atoms with van der Waals surface area (Å²) in [5, 5.41) is 5.42. The van der Waals surface area contributed by atoms with Crippen molar-refractivity contribution in [3.8, 4) is 0 Å². The van der Waals surface area contributed by atoms with Crippen molar-refractivity contribution in [1.82, 2.24) is 0 Å². The van der Waals surface area contributed by atoms with E-state index >= 15 is 0 Å². The van der Waals surface area contributed by atoms with Crippen molar-refractivity contribution in [2.45, 2.75) is 25.7 Å². The number of fused-ring (bicyclic) bond motifs is 2. The van der Waals surface area contributed by atoms with Gasteiger partial charge in [0.15, 0.2) is 11.6 Å². The van der Waals surface area contributed by atoms with Gasteiger partial charge in [-0.2, -0.15) is 0 Å². The van der Waals surface area contributed by atoms with Crippen molar-refractivity contribution in [2.75, 3.05) is 23.7 Å². The molecule has 3 rings (SSSR count). The Morgan fingerprint density at radius 3 is 1.47 bits per heavy atom. The van der Waals surface area contributed by atoms with Crippen LogP contribution >= 0.6 is 0 Å². The van der Waals surface area contributed by atoms with Gasteiger partial charge < -0.3 is 22.1 Å². The second-order valence-electron chi connectivity index (χ2n) is 7.00. The van der Waals surface area contributed by atoms with Gasteiger partial charge in [-0.1, -0.05) is 24.3 Å². The van der Waals surface area contributed by atoms with Gasteiger partial charge in [-0.25, -0.2) is 0 Å². The SMILES string of the molecule is NCCCC(=O)Nc1cccc2c1C(=O)c1cccc(NC(=O)CCCN)c1C2=O. The molecule has 0 atom stereocenters. The molecule has 2 amide bonds. The largest absolute Gasteiger partial charge is 0.330 e. The first-order valence-electron chi connectivity index (χ1n) is 9.83. The van der Waals surface area contributed by atoms with Crippen molar-refractivity contribution < 1.29 is 19.2 Å². The summed E-state index contributed by atoms with van der Waals surface area (Å²) in [7, 11) is 0. The maximum absolute atomic E-state index is 13.2. The third-order valence-electron chi connectivity index (χ3n) is 4.84. The van der Waals surface area contributed by atoms with E-state index in [2.05, 4.69) is 10.6 Å². The first kappa shape index (κ1) is 21.4. The molecule has 1 aliphatic carbocycles. The third-order valence-corrected chi connectivity index (χ3v) is 4.84. The molecule has 0 aromatic heterocycles. The predicted octanol–water partition coefficient (Wildman–Crippen LogP) is 1.82. The molecule has 0 fully saturated rings. The third kappa shape index (κ3) is 4.29. The van der Waals surface area contributed by atoms with Gasteiger partial charge in [-0.15, -0.1) is 0 Å². The Bertz CT molecular complexity index is 935. The summed E-state index contributed by atoms with van der Waals surface area (Å²) >= 11 is 0. The topological polar surface area (TPSA) is 144 Å². The molecule has 1 aliphatic rings. The van der Waals surface area contributed by atoms with Crippen LogP contribution in [0.5, 0.6) is 0 Å². The number of amides is 2. The van der Waals surface area contributed by atoms with Gasteiger partial charge in [-0.3, -0.25) is 19.2 Å². The minimum Gasteiger partial charge on any atom is -0.330 e. The van der Waals surface area contributed by atoms with Crippen LogP contribution in [-0.4, -0.2) is 36.5 Å². The van der Waals surface area contributed by atoms with Crippen LogP contribution in [0.25, 0.3) is 0 Å². The van der Waals surface area contributed by atoms with Gasteiger partial charge in [0.2, 0.25) is 11.8 Å². The Balaban J connectivity index is 1.97. The van der Waals surface area contributed by atoms with E-state index in [9.17, 15) is 19.2 Å². The fraction of sp³-hybridized carbons (Fsp3) is 0.273. The first-order valence-corrected chi connectivity index (χ1v) is 9.83. The number of ketones is 2. The van der Waals surface area contributed by atoms with Crippen LogP contribution in [0.1, 0.15) is 57.5 Å². The summed E-state index contributed by atoms with van der Waals surface area (Å²) in [6, 6.07) is 9.48. The number of hydrogen-bond donors (Lipinski definition) is 4. The number of nitrogens with one attached hydrogen (secondary N) is 2. The zero-order valence-electron chi connectivity index (χ0n) is 16.5. The second-order valence-corrected chi connectivity index (χ2v) is 7.00. The summed E-state index contributed by atoms with van der Waals surface area (Å²) in [6.45, 7) is 0.760. The molecule has 0 saturated carbocycles. The van der Waals surface area contributed by atoms with Crippen LogP contribution < -0.4 is 22.1 Å². The fourth-order valence-corrected chi connectivity index (χ4v) is 3.40. The Morgan fingerprint density at radius 2 is 1.10 bits per heavy atom. The van der Waals surface area contributed by atoms with Crippen LogP contribution in [0.4, 0.5) is 11.4 Å². The number of anilines is 2. The number of benzene rings is 2. The zero-order valence-corrected chi connectivity index (χ0v) is 16.5. The average molecular weight is 408 g/mol. The lowest BCUT2D eigenvalue weighted by atomic mass is 9.82. The highest BCUT2D eigenvalue weighted by Crippen LogP contribution is 2.35. The van der Waals surface area contributed by atoms with Crippen molar-refractivity contribution >= 4 is 34.8 Å². The summed E-state index contributed by atoms with van der Waals surface area (Å²) in [4.78, 5) is 50.7. The summed E-state index contributed by atoms with van der Waals surface area (Å²) < 4.78 is 0.